The van der Waals surface area contributed by atoms with Crippen molar-refractivity contribution in [2.24, 2.45) is 0 Å². The van der Waals surface area contributed by atoms with E-state index in [1.54, 1.807) is 6.20 Å². The maximum absolute atomic E-state index is 5.73. The summed E-state index contributed by atoms with van der Waals surface area (Å²) in [5.41, 5.74) is 6.34. The van der Waals surface area contributed by atoms with Crippen molar-refractivity contribution in [1.29, 1.82) is 0 Å². The zero-order chi connectivity index (χ0) is 11.2. The van der Waals surface area contributed by atoms with Crippen molar-refractivity contribution in [2.75, 3.05) is 32.0 Å². The normalized spacial score (nSPS) is 14.7. The lowest BCUT2D eigenvalue weighted by atomic mass is 10.4. The van der Waals surface area contributed by atoms with Crippen LogP contribution in [0.3, 0.4) is 0 Å². The summed E-state index contributed by atoms with van der Waals surface area (Å²) in [7, 11) is 0. The molecule has 0 saturated carbocycles. The van der Waals surface area contributed by atoms with Crippen LogP contribution in [0.5, 0.6) is 5.88 Å². The minimum atomic E-state index is 0. The Balaban J connectivity index is 0.00000144. The molecule has 6 heteroatoms. The number of hydrogen-bond donors (Lipinski definition) is 1. The van der Waals surface area contributed by atoms with E-state index in [0.717, 1.165) is 13.0 Å². The molecule has 0 aliphatic carbocycles. The first-order valence-corrected chi connectivity index (χ1v) is 5.92. The van der Waals surface area contributed by atoms with E-state index < -0.39 is 0 Å². The lowest BCUT2D eigenvalue weighted by Crippen LogP contribution is -2.22. The van der Waals surface area contributed by atoms with Gasteiger partial charge in [0.05, 0.1) is 12.3 Å². The molecule has 0 unspecified atom stereocenters. The summed E-state index contributed by atoms with van der Waals surface area (Å²) >= 11 is 0. The SMILES string of the molecule is Nc1cccnc1OCCCN1CCCC1.O.O. The van der Waals surface area contributed by atoms with Crippen molar-refractivity contribution < 1.29 is 15.7 Å². The maximum atomic E-state index is 5.73. The van der Waals surface area contributed by atoms with E-state index in [1.165, 1.54) is 25.9 Å². The highest BCUT2D eigenvalue weighted by atomic mass is 16.5. The number of hydrogen-bond acceptors (Lipinski definition) is 4. The van der Waals surface area contributed by atoms with E-state index in [0.29, 0.717) is 18.2 Å². The lowest BCUT2D eigenvalue weighted by molar-refractivity contribution is 0.258. The highest BCUT2D eigenvalue weighted by Crippen LogP contribution is 2.16. The third-order valence-corrected chi connectivity index (χ3v) is 2.86. The predicted molar refractivity (Wildman–Crippen MR) is 71.7 cm³/mol. The number of pyridine rings is 1. The summed E-state index contributed by atoms with van der Waals surface area (Å²) in [6, 6.07) is 3.62. The highest BCUT2D eigenvalue weighted by Gasteiger charge is 2.10. The molecular formula is C12H23N3O3. The van der Waals surface area contributed by atoms with Crippen LogP contribution in [0.2, 0.25) is 0 Å². The fourth-order valence-corrected chi connectivity index (χ4v) is 1.99. The molecule has 1 saturated heterocycles. The molecule has 1 aliphatic heterocycles. The van der Waals surface area contributed by atoms with Crippen LogP contribution < -0.4 is 10.5 Å². The first-order valence-electron chi connectivity index (χ1n) is 5.92. The first-order chi connectivity index (χ1) is 7.86. The zero-order valence-electron chi connectivity index (χ0n) is 10.6. The van der Waals surface area contributed by atoms with Gasteiger partial charge in [-0.25, -0.2) is 4.98 Å². The second kappa shape index (κ2) is 8.68. The molecule has 0 spiro atoms. The van der Waals surface area contributed by atoms with Crippen LogP contribution in [-0.2, 0) is 0 Å². The van der Waals surface area contributed by atoms with Gasteiger partial charge in [0, 0.05) is 12.7 Å². The maximum Gasteiger partial charge on any atom is 0.237 e. The molecule has 0 aromatic carbocycles. The van der Waals surface area contributed by atoms with Gasteiger partial charge >= 0.3 is 0 Å². The monoisotopic (exact) mass is 257 g/mol. The van der Waals surface area contributed by atoms with Gasteiger partial charge in [-0.05, 0) is 44.5 Å². The number of likely N-dealkylation sites (tertiary alicyclic amines) is 1. The van der Waals surface area contributed by atoms with Crippen LogP contribution in [0.1, 0.15) is 19.3 Å². The Morgan fingerprint density at radius 3 is 2.67 bits per heavy atom. The highest BCUT2D eigenvalue weighted by molar-refractivity contribution is 5.46. The fourth-order valence-electron chi connectivity index (χ4n) is 1.99. The number of aromatic nitrogens is 1. The molecule has 0 radical (unpaired) electrons. The van der Waals surface area contributed by atoms with E-state index in [4.69, 9.17) is 10.5 Å². The van der Waals surface area contributed by atoms with Crippen LogP contribution in [0, 0.1) is 0 Å². The number of rotatable bonds is 5. The number of anilines is 1. The van der Waals surface area contributed by atoms with Crippen LogP contribution >= 0.6 is 0 Å². The average molecular weight is 257 g/mol. The number of nitrogen functional groups attached to an aromatic ring is 1. The molecule has 0 atom stereocenters. The molecule has 1 aliphatic rings. The van der Waals surface area contributed by atoms with Crippen LogP contribution in [0.25, 0.3) is 0 Å². The minimum absolute atomic E-state index is 0. The molecule has 0 bridgehead atoms. The molecule has 1 aromatic rings. The molecule has 6 N–H and O–H groups in total. The van der Waals surface area contributed by atoms with E-state index in [2.05, 4.69) is 9.88 Å². The number of ether oxygens (including phenoxy) is 1. The summed E-state index contributed by atoms with van der Waals surface area (Å²) in [6.45, 7) is 4.29. The average Bonchev–Trinajstić information content (AvgIpc) is 2.79. The van der Waals surface area contributed by atoms with Crippen LogP contribution in [0.4, 0.5) is 5.69 Å². The Hall–Kier alpha value is -1.37. The zero-order valence-corrected chi connectivity index (χ0v) is 10.6. The molecule has 104 valence electrons. The van der Waals surface area contributed by atoms with Crippen molar-refractivity contribution in [3.05, 3.63) is 18.3 Å². The molecule has 2 rings (SSSR count). The van der Waals surface area contributed by atoms with Crippen LogP contribution in [-0.4, -0.2) is 47.1 Å². The second-order valence-electron chi connectivity index (χ2n) is 4.15. The van der Waals surface area contributed by atoms with Crippen molar-refractivity contribution in [3.63, 3.8) is 0 Å². The molecule has 6 nitrogen and oxygen atoms in total. The van der Waals surface area contributed by atoms with Crippen molar-refractivity contribution >= 4 is 5.69 Å². The van der Waals surface area contributed by atoms with Crippen molar-refractivity contribution in [1.82, 2.24) is 9.88 Å². The van der Waals surface area contributed by atoms with Gasteiger partial charge in [0.1, 0.15) is 0 Å². The Morgan fingerprint density at radius 1 is 1.28 bits per heavy atom. The molecular weight excluding hydrogens is 234 g/mol. The number of nitrogens with zero attached hydrogens (tertiary/aromatic N) is 2. The summed E-state index contributed by atoms with van der Waals surface area (Å²) in [4.78, 5) is 6.56. The molecule has 0 amide bonds. The van der Waals surface area contributed by atoms with Gasteiger partial charge in [-0.1, -0.05) is 0 Å². The smallest absolute Gasteiger partial charge is 0.237 e. The number of nitrogens with two attached hydrogens (primary N) is 1. The van der Waals surface area contributed by atoms with Gasteiger partial charge in [0.25, 0.3) is 0 Å². The first kappa shape index (κ1) is 16.6. The van der Waals surface area contributed by atoms with Gasteiger partial charge in [-0.3, -0.25) is 0 Å². The van der Waals surface area contributed by atoms with E-state index in [-0.39, 0.29) is 11.0 Å². The summed E-state index contributed by atoms with van der Waals surface area (Å²) in [5, 5.41) is 0. The molecule has 18 heavy (non-hydrogen) atoms. The third kappa shape index (κ3) is 4.87. The lowest BCUT2D eigenvalue weighted by Gasteiger charge is -2.14. The summed E-state index contributed by atoms with van der Waals surface area (Å²) < 4.78 is 5.53. The van der Waals surface area contributed by atoms with E-state index in [1.807, 2.05) is 12.1 Å². The van der Waals surface area contributed by atoms with Gasteiger partial charge in [-0.2, -0.15) is 0 Å². The largest absolute Gasteiger partial charge is 0.476 e. The second-order valence-corrected chi connectivity index (χ2v) is 4.15. The van der Waals surface area contributed by atoms with Crippen LogP contribution in [0.15, 0.2) is 18.3 Å². The Bertz CT molecular complexity index is 330. The topological polar surface area (TPSA) is 114 Å². The van der Waals surface area contributed by atoms with Crippen molar-refractivity contribution in [2.45, 2.75) is 19.3 Å². The third-order valence-electron chi connectivity index (χ3n) is 2.86. The summed E-state index contributed by atoms with van der Waals surface area (Å²) in [5.74, 6) is 0.559. The van der Waals surface area contributed by atoms with Crippen molar-refractivity contribution in [3.8, 4) is 5.88 Å². The predicted octanol–water partition coefficient (Wildman–Crippen LogP) is -0.121. The summed E-state index contributed by atoms with van der Waals surface area (Å²) in [6.07, 6.45) is 5.42. The van der Waals surface area contributed by atoms with Gasteiger partial charge < -0.3 is 26.3 Å². The quantitative estimate of drug-likeness (QED) is 0.740. The fraction of sp³-hybridized carbons (Fsp3) is 0.583. The molecule has 1 fully saturated rings. The molecule has 1 aromatic heterocycles. The van der Waals surface area contributed by atoms with Gasteiger partial charge in [-0.15, -0.1) is 0 Å². The standard InChI is InChI=1S/C12H19N3O.2H2O/c13-11-5-3-6-14-12(11)16-10-4-9-15-7-1-2-8-15;;/h3,5-6H,1-2,4,7-10,13H2;2*1H2. The van der Waals surface area contributed by atoms with Gasteiger partial charge in [0.2, 0.25) is 5.88 Å². The Morgan fingerprint density at radius 2 is 2.00 bits per heavy atom. The molecule has 2 heterocycles. The van der Waals surface area contributed by atoms with Gasteiger partial charge in [0.15, 0.2) is 0 Å². The van der Waals surface area contributed by atoms with E-state index in [9.17, 15) is 0 Å². The Kier molecular flexibility index (Phi) is 8.02. The Labute approximate surface area is 107 Å². The minimum Gasteiger partial charge on any atom is -0.476 e. The van der Waals surface area contributed by atoms with E-state index >= 15 is 0 Å².